The first kappa shape index (κ1) is 28.9. The number of esters is 1. The predicted octanol–water partition coefficient (Wildman–Crippen LogP) is 8.75. The van der Waals surface area contributed by atoms with E-state index in [2.05, 4.69) is 31.4 Å². The standard InChI is InChI=1S/C34H21BrF3N3O3/c35-25-14-16-28(44-33(43)22-10-6-11-24(17-22)34(36,37)38)23(18-25)19-39-41-32(42)31-29(21-8-2-1-3-9-21)27-15-13-20-7-4-5-12-26(20)30(27)40-31/h1-19,40H,(H,41,42). The summed E-state index contributed by atoms with van der Waals surface area (Å²) in [5.74, 6) is -1.44. The van der Waals surface area contributed by atoms with E-state index in [1.807, 2.05) is 66.7 Å². The summed E-state index contributed by atoms with van der Waals surface area (Å²) in [5, 5.41) is 6.97. The summed E-state index contributed by atoms with van der Waals surface area (Å²) in [4.78, 5) is 29.5. The Balaban J connectivity index is 1.29. The monoisotopic (exact) mass is 655 g/mol. The third-order valence-electron chi connectivity index (χ3n) is 6.96. The van der Waals surface area contributed by atoms with E-state index in [1.165, 1.54) is 18.3 Å². The van der Waals surface area contributed by atoms with Crippen molar-refractivity contribution in [1.29, 1.82) is 0 Å². The number of ether oxygens (including phenoxy) is 1. The van der Waals surface area contributed by atoms with Gasteiger partial charge in [0, 0.05) is 26.4 Å². The largest absolute Gasteiger partial charge is 0.422 e. The lowest BCUT2D eigenvalue weighted by Gasteiger charge is -2.10. The second kappa shape index (κ2) is 11.8. The van der Waals surface area contributed by atoms with E-state index in [0.717, 1.165) is 51.0 Å². The highest BCUT2D eigenvalue weighted by atomic mass is 79.9. The van der Waals surface area contributed by atoms with Gasteiger partial charge in [-0.25, -0.2) is 10.2 Å². The SMILES string of the molecule is O=C(Oc1ccc(Br)cc1C=NNC(=O)c1[nH]c2c(ccc3ccccc32)c1-c1ccccc1)c1cccc(C(F)(F)F)c1. The van der Waals surface area contributed by atoms with Crippen LogP contribution in [0.25, 0.3) is 32.8 Å². The quantitative estimate of drug-likeness (QED) is 0.0814. The molecule has 0 radical (unpaired) electrons. The Morgan fingerprint density at radius 1 is 0.841 bits per heavy atom. The highest BCUT2D eigenvalue weighted by Crippen LogP contribution is 2.36. The van der Waals surface area contributed by atoms with Gasteiger partial charge in [-0.3, -0.25) is 4.79 Å². The number of carbonyl (C=O) groups excluding carboxylic acids is 2. The number of amides is 1. The van der Waals surface area contributed by atoms with E-state index in [4.69, 9.17) is 4.74 Å². The predicted molar refractivity (Wildman–Crippen MR) is 167 cm³/mol. The molecule has 44 heavy (non-hydrogen) atoms. The smallest absolute Gasteiger partial charge is 0.416 e. The first-order valence-corrected chi connectivity index (χ1v) is 14.1. The van der Waals surface area contributed by atoms with Gasteiger partial charge in [-0.2, -0.15) is 18.3 Å². The molecule has 6 aromatic rings. The molecule has 1 amide bonds. The lowest BCUT2D eigenvalue weighted by atomic mass is 9.99. The number of nitrogens with one attached hydrogen (secondary N) is 2. The Hall–Kier alpha value is -5.22. The summed E-state index contributed by atoms with van der Waals surface area (Å²) in [6, 6.07) is 30.0. The Morgan fingerprint density at radius 2 is 1.61 bits per heavy atom. The minimum atomic E-state index is -4.61. The number of H-pyrrole nitrogens is 1. The number of nitrogens with zero attached hydrogens (tertiary/aromatic N) is 1. The van der Waals surface area contributed by atoms with Crippen molar-refractivity contribution in [2.45, 2.75) is 6.18 Å². The second-order valence-corrected chi connectivity index (χ2v) is 10.7. The average molecular weight is 656 g/mol. The van der Waals surface area contributed by atoms with Crippen molar-refractivity contribution in [2.75, 3.05) is 0 Å². The van der Waals surface area contributed by atoms with Crippen LogP contribution in [0.1, 0.15) is 32.0 Å². The number of aromatic nitrogens is 1. The number of aromatic amines is 1. The van der Waals surface area contributed by atoms with E-state index in [0.29, 0.717) is 15.7 Å². The van der Waals surface area contributed by atoms with Crippen LogP contribution >= 0.6 is 15.9 Å². The lowest BCUT2D eigenvalue weighted by molar-refractivity contribution is -0.137. The normalized spacial score (nSPS) is 11.7. The first-order valence-electron chi connectivity index (χ1n) is 13.3. The number of carbonyl (C=O) groups is 2. The number of alkyl halides is 3. The van der Waals surface area contributed by atoms with Crippen LogP contribution in [-0.4, -0.2) is 23.1 Å². The first-order chi connectivity index (χ1) is 21.2. The van der Waals surface area contributed by atoms with Gasteiger partial charge in [0.1, 0.15) is 11.4 Å². The number of rotatable bonds is 6. The molecule has 0 fully saturated rings. The van der Waals surface area contributed by atoms with E-state index < -0.39 is 23.6 Å². The molecule has 1 aromatic heterocycles. The van der Waals surface area contributed by atoms with Crippen LogP contribution in [0.3, 0.4) is 0 Å². The average Bonchev–Trinajstić information content (AvgIpc) is 3.43. The molecule has 6 rings (SSSR count). The number of benzene rings is 5. The van der Waals surface area contributed by atoms with Crippen LogP contribution in [0.2, 0.25) is 0 Å². The molecule has 1 heterocycles. The van der Waals surface area contributed by atoms with Crippen molar-refractivity contribution < 1.29 is 27.5 Å². The Labute approximate surface area is 257 Å². The fraction of sp³-hybridized carbons (Fsp3) is 0.0294. The van der Waals surface area contributed by atoms with Crippen molar-refractivity contribution in [3.8, 4) is 16.9 Å². The van der Waals surface area contributed by atoms with Gasteiger partial charge in [0.05, 0.1) is 22.9 Å². The van der Waals surface area contributed by atoms with Crippen LogP contribution < -0.4 is 10.2 Å². The van der Waals surface area contributed by atoms with Gasteiger partial charge in [-0.15, -0.1) is 0 Å². The van der Waals surface area contributed by atoms with Crippen molar-refractivity contribution in [2.24, 2.45) is 5.10 Å². The molecule has 5 aromatic carbocycles. The fourth-order valence-corrected chi connectivity index (χ4v) is 5.30. The molecule has 0 bridgehead atoms. The van der Waals surface area contributed by atoms with Gasteiger partial charge in [0.15, 0.2) is 0 Å². The van der Waals surface area contributed by atoms with Gasteiger partial charge in [0.25, 0.3) is 5.91 Å². The molecule has 0 spiro atoms. The van der Waals surface area contributed by atoms with Gasteiger partial charge >= 0.3 is 12.1 Å². The zero-order valence-corrected chi connectivity index (χ0v) is 24.2. The van der Waals surface area contributed by atoms with E-state index in [1.54, 1.807) is 12.1 Å². The fourth-order valence-electron chi connectivity index (χ4n) is 4.92. The van der Waals surface area contributed by atoms with Crippen LogP contribution in [0.5, 0.6) is 5.75 Å². The van der Waals surface area contributed by atoms with E-state index in [9.17, 15) is 22.8 Å². The zero-order valence-electron chi connectivity index (χ0n) is 22.7. The Morgan fingerprint density at radius 3 is 2.41 bits per heavy atom. The maximum Gasteiger partial charge on any atom is 0.416 e. The maximum absolute atomic E-state index is 13.5. The van der Waals surface area contributed by atoms with Crippen LogP contribution in [0, 0.1) is 0 Å². The van der Waals surface area contributed by atoms with E-state index in [-0.39, 0.29) is 11.3 Å². The van der Waals surface area contributed by atoms with Gasteiger partial charge in [0.2, 0.25) is 0 Å². The van der Waals surface area contributed by atoms with Gasteiger partial charge in [-0.05, 0) is 47.3 Å². The molecule has 0 aliphatic heterocycles. The molecule has 10 heteroatoms. The van der Waals surface area contributed by atoms with Gasteiger partial charge < -0.3 is 9.72 Å². The number of fused-ring (bicyclic) bond motifs is 3. The number of hydrogen-bond acceptors (Lipinski definition) is 4. The van der Waals surface area contributed by atoms with Crippen LogP contribution in [-0.2, 0) is 6.18 Å². The summed E-state index contributed by atoms with van der Waals surface area (Å²) in [6.45, 7) is 0. The lowest BCUT2D eigenvalue weighted by Crippen LogP contribution is -2.19. The van der Waals surface area contributed by atoms with Crippen molar-refractivity contribution in [1.82, 2.24) is 10.4 Å². The topological polar surface area (TPSA) is 83.5 Å². The second-order valence-electron chi connectivity index (χ2n) is 9.80. The number of halogens is 4. The molecule has 0 aliphatic carbocycles. The third-order valence-corrected chi connectivity index (χ3v) is 7.45. The number of hydrazone groups is 1. The van der Waals surface area contributed by atoms with Gasteiger partial charge in [-0.1, -0.05) is 88.7 Å². The molecule has 0 saturated carbocycles. The molecular weight excluding hydrogens is 635 g/mol. The van der Waals surface area contributed by atoms with Crippen LogP contribution in [0.4, 0.5) is 13.2 Å². The molecule has 2 N–H and O–H groups in total. The Bertz CT molecular complexity index is 2070. The summed E-state index contributed by atoms with van der Waals surface area (Å²) in [7, 11) is 0. The molecule has 0 saturated heterocycles. The molecule has 218 valence electrons. The summed E-state index contributed by atoms with van der Waals surface area (Å²) in [6.07, 6.45) is -3.32. The highest BCUT2D eigenvalue weighted by molar-refractivity contribution is 9.10. The minimum absolute atomic E-state index is 0.0377. The molecule has 0 atom stereocenters. The van der Waals surface area contributed by atoms with Crippen molar-refractivity contribution in [3.63, 3.8) is 0 Å². The molecule has 0 unspecified atom stereocenters. The summed E-state index contributed by atoms with van der Waals surface area (Å²) < 4.78 is 45.4. The zero-order chi connectivity index (χ0) is 30.8. The third kappa shape index (κ3) is 5.84. The van der Waals surface area contributed by atoms with Crippen molar-refractivity contribution in [3.05, 3.63) is 136 Å². The summed E-state index contributed by atoms with van der Waals surface area (Å²) >= 11 is 3.35. The maximum atomic E-state index is 13.5. The Kier molecular flexibility index (Phi) is 7.75. The molecule has 6 nitrogen and oxygen atoms in total. The van der Waals surface area contributed by atoms with E-state index >= 15 is 0 Å². The molecule has 0 aliphatic rings. The highest BCUT2D eigenvalue weighted by Gasteiger charge is 2.31. The minimum Gasteiger partial charge on any atom is -0.422 e. The van der Waals surface area contributed by atoms with Crippen molar-refractivity contribution >= 4 is 55.7 Å². The summed E-state index contributed by atoms with van der Waals surface area (Å²) in [5.41, 5.74) is 4.30. The van der Waals surface area contributed by atoms with Crippen LogP contribution in [0.15, 0.2) is 119 Å². The molecular formula is C34H21BrF3N3O3. The number of hydrogen-bond donors (Lipinski definition) is 2.